The quantitative estimate of drug-likeness (QED) is 0.707. The normalized spacial score (nSPS) is 10.2. The highest BCUT2D eigenvalue weighted by Crippen LogP contribution is 2.21. The van der Waals surface area contributed by atoms with E-state index in [9.17, 15) is 14.4 Å². The van der Waals surface area contributed by atoms with Gasteiger partial charge < -0.3 is 16.0 Å². The topological polar surface area (TPSA) is 87.3 Å². The van der Waals surface area contributed by atoms with E-state index in [1.54, 1.807) is 0 Å². The summed E-state index contributed by atoms with van der Waals surface area (Å²) in [5.41, 5.74) is 1.90. The Kier molecular flexibility index (Phi) is 6.71. The van der Waals surface area contributed by atoms with Crippen molar-refractivity contribution in [1.82, 2.24) is 16.0 Å². The van der Waals surface area contributed by atoms with Gasteiger partial charge in [-0.3, -0.25) is 14.4 Å². The van der Waals surface area contributed by atoms with Crippen LogP contribution in [-0.4, -0.2) is 30.8 Å². The molecule has 0 saturated heterocycles. The number of hydrogen-bond donors (Lipinski definition) is 3. The maximum atomic E-state index is 12.2. The summed E-state index contributed by atoms with van der Waals surface area (Å²) in [5.74, 6) is -1.02. The highest BCUT2D eigenvalue weighted by molar-refractivity contribution is 5.88. The standard InChI is InChI=1S/C19H21N3O3/c1-14(23)20-12-17(24)21-13-18(25)22-19(15-8-4-2-5-9-15)16-10-6-3-7-11-16/h2-11,19H,12-13H2,1H3,(H,20,23)(H,21,24)(H,22,25). The van der Waals surface area contributed by atoms with E-state index in [-0.39, 0.29) is 30.9 Å². The predicted molar refractivity (Wildman–Crippen MR) is 94.6 cm³/mol. The molecule has 0 unspecified atom stereocenters. The lowest BCUT2D eigenvalue weighted by atomic mass is 9.99. The predicted octanol–water partition coefficient (Wildman–Crippen LogP) is 1.14. The van der Waals surface area contributed by atoms with Crippen LogP contribution in [0.25, 0.3) is 0 Å². The van der Waals surface area contributed by atoms with E-state index in [2.05, 4.69) is 16.0 Å². The maximum absolute atomic E-state index is 12.2. The van der Waals surface area contributed by atoms with Crippen LogP contribution in [0.3, 0.4) is 0 Å². The zero-order chi connectivity index (χ0) is 18.1. The van der Waals surface area contributed by atoms with Gasteiger partial charge in [-0.2, -0.15) is 0 Å². The van der Waals surface area contributed by atoms with Crippen LogP contribution in [-0.2, 0) is 14.4 Å². The van der Waals surface area contributed by atoms with Crippen molar-refractivity contribution in [2.45, 2.75) is 13.0 Å². The van der Waals surface area contributed by atoms with Gasteiger partial charge in [-0.1, -0.05) is 60.7 Å². The minimum Gasteiger partial charge on any atom is -0.347 e. The van der Waals surface area contributed by atoms with Crippen molar-refractivity contribution in [1.29, 1.82) is 0 Å². The van der Waals surface area contributed by atoms with E-state index < -0.39 is 5.91 Å². The van der Waals surface area contributed by atoms with Crippen LogP contribution in [0.1, 0.15) is 24.1 Å². The third-order valence-electron chi connectivity index (χ3n) is 3.52. The molecule has 0 radical (unpaired) electrons. The highest BCUT2D eigenvalue weighted by Gasteiger charge is 2.16. The third-order valence-corrected chi connectivity index (χ3v) is 3.52. The fourth-order valence-corrected chi connectivity index (χ4v) is 2.31. The van der Waals surface area contributed by atoms with E-state index in [0.29, 0.717) is 0 Å². The Morgan fingerprint density at radius 3 is 1.72 bits per heavy atom. The zero-order valence-electron chi connectivity index (χ0n) is 14.0. The number of amides is 3. The van der Waals surface area contributed by atoms with Gasteiger partial charge in [-0.05, 0) is 11.1 Å². The third kappa shape index (κ3) is 6.10. The number of hydrogen-bond acceptors (Lipinski definition) is 3. The van der Waals surface area contributed by atoms with Crippen molar-refractivity contribution in [2.24, 2.45) is 0 Å². The molecule has 0 spiro atoms. The van der Waals surface area contributed by atoms with Crippen LogP contribution in [0.4, 0.5) is 0 Å². The Morgan fingerprint density at radius 2 is 1.24 bits per heavy atom. The first-order valence-electron chi connectivity index (χ1n) is 7.96. The molecule has 3 N–H and O–H groups in total. The Bertz CT molecular complexity index is 678. The molecule has 3 amide bonds. The lowest BCUT2D eigenvalue weighted by molar-refractivity contribution is -0.127. The van der Waals surface area contributed by atoms with Crippen molar-refractivity contribution in [2.75, 3.05) is 13.1 Å². The number of carbonyl (C=O) groups is 3. The van der Waals surface area contributed by atoms with E-state index in [4.69, 9.17) is 0 Å². The van der Waals surface area contributed by atoms with Crippen LogP contribution in [0.5, 0.6) is 0 Å². The van der Waals surface area contributed by atoms with Crippen molar-refractivity contribution < 1.29 is 14.4 Å². The van der Waals surface area contributed by atoms with Crippen LogP contribution < -0.4 is 16.0 Å². The average Bonchev–Trinajstić information content (AvgIpc) is 2.64. The van der Waals surface area contributed by atoms with E-state index >= 15 is 0 Å². The molecule has 2 aromatic rings. The number of benzene rings is 2. The van der Waals surface area contributed by atoms with Gasteiger partial charge in [-0.25, -0.2) is 0 Å². The van der Waals surface area contributed by atoms with E-state index in [1.165, 1.54) is 6.92 Å². The summed E-state index contributed by atoms with van der Waals surface area (Å²) < 4.78 is 0. The number of rotatable bonds is 7. The van der Waals surface area contributed by atoms with Gasteiger partial charge in [0.25, 0.3) is 0 Å². The SMILES string of the molecule is CC(=O)NCC(=O)NCC(=O)NC(c1ccccc1)c1ccccc1. The first kappa shape index (κ1) is 18.2. The molecule has 0 aliphatic rings. The summed E-state index contributed by atoms with van der Waals surface area (Å²) in [6, 6.07) is 18.9. The minimum atomic E-state index is -0.415. The molecule has 2 rings (SSSR count). The minimum absolute atomic E-state index is 0.149. The molecule has 0 heterocycles. The Labute approximate surface area is 146 Å². The fourth-order valence-electron chi connectivity index (χ4n) is 2.31. The fraction of sp³-hybridized carbons (Fsp3) is 0.211. The molecule has 0 aliphatic heterocycles. The number of nitrogens with one attached hydrogen (secondary N) is 3. The van der Waals surface area contributed by atoms with Crippen LogP contribution in [0.2, 0.25) is 0 Å². The second-order valence-electron chi connectivity index (χ2n) is 5.51. The van der Waals surface area contributed by atoms with Crippen molar-refractivity contribution in [3.63, 3.8) is 0 Å². The van der Waals surface area contributed by atoms with Crippen LogP contribution in [0.15, 0.2) is 60.7 Å². The van der Waals surface area contributed by atoms with E-state index in [0.717, 1.165) is 11.1 Å². The first-order valence-corrected chi connectivity index (χ1v) is 7.96. The molecule has 25 heavy (non-hydrogen) atoms. The summed E-state index contributed by atoms with van der Waals surface area (Å²) in [4.78, 5) is 34.6. The number of carbonyl (C=O) groups excluding carboxylic acids is 3. The highest BCUT2D eigenvalue weighted by atomic mass is 16.2. The molecule has 130 valence electrons. The van der Waals surface area contributed by atoms with Gasteiger partial charge in [-0.15, -0.1) is 0 Å². The van der Waals surface area contributed by atoms with Crippen LogP contribution >= 0.6 is 0 Å². The van der Waals surface area contributed by atoms with Gasteiger partial charge in [0.15, 0.2) is 0 Å². The van der Waals surface area contributed by atoms with Crippen molar-refractivity contribution in [3.8, 4) is 0 Å². The molecular weight excluding hydrogens is 318 g/mol. The molecule has 0 aliphatic carbocycles. The van der Waals surface area contributed by atoms with Crippen LogP contribution in [0, 0.1) is 0 Å². The zero-order valence-corrected chi connectivity index (χ0v) is 14.0. The molecule has 6 heteroatoms. The molecule has 0 atom stereocenters. The van der Waals surface area contributed by atoms with Gasteiger partial charge in [0.1, 0.15) is 0 Å². The monoisotopic (exact) mass is 339 g/mol. The van der Waals surface area contributed by atoms with Gasteiger partial charge in [0.05, 0.1) is 19.1 Å². The summed E-state index contributed by atoms with van der Waals surface area (Å²) in [7, 11) is 0. The lowest BCUT2D eigenvalue weighted by Crippen LogP contribution is -2.42. The second kappa shape index (κ2) is 9.22. The molecular formula is C19H21N3O3. The van der Waals surface area contributed by atoms with E-state index in [1.807, 2.05) is 60.7 Å². The Balaban J connectivity index is 1.99. The molecule has 0 saturated carbocycles. The summed E-state index contributed by atoms with van der Waals surface area (Å²) >= 11 is 0. The average molecular weight is 339 g/mol. The summed E-state index contributed by atoms with van der Waals surface area (Å²) in [5, 5.41) is 7.79. The van der Waals surface area contributed by atoms with Crippen molar-refractivity contribution in [3.05, 3.63) is 71.8 Å². The van der Waals surface area contributed by atoms with Gasteiger partial charge >= 0.3 is 0 Å². The molecule has 0 aromatic heterocycles. The largest absolute Gasteiger partial charge is 0.347 e. The summed E-state index contributed by atoms with van der Waals surface area (Å²) in [6.45, 7) is 1.02. The molecule has 2 aromatic carbocycles. The smallest absolute Gasteiger partial charge is 0.240 e. The van der Waals surface area contributed by atoms with Crippen molar-refractivity contribution >= 4 is 17.7 Å². The lowest BCUT2D eigenvalue weighted by Gasteiger charge is -2.20. The Hall–Kier alpha value is -3.15. The Morgan fingerprint density at radius 1 is 0.760 bits per heavy atom. The maximum Gasteiger partial charge on any atom is 0.240 e. The molecule has 6 nitrogen and oxygen atoms in total. The molecule has 0 fully saturated rings. The summed E-state index contributed by atoms with van der Waals surface area (Å²) in [6.07, 6.45) is 0. The molecule has 0 bridgehead atoms. The van der Waals surface area contributed by atoms with Gasteiger partial charge in [0.2, 0.25) is 17.7 Å². The first-order chi connectivity index (χ1) is 12.1. The second-order valence-corrected chi connectivity index (χ2v) is 5.51. The van der Waals surface area contributed by atoms with Gasteiger partial charge in [0, 0.05) is 6.92 Å².